The van der Waals surface area contributed by atoms with Crippen LogP contribution in [0.3, 0.4) is 0 Å². The maximum Gasteiger partial charge on any atom is 0.272 e. The van der Waals surface area contributed by atoms with Crippen LogP contribution in [0.2, 0.25) is 0 Å². The molecule has 0 aromatic carbocycles. The first-order chi connectivity index (χ1) is 25.3. The Balaban J connectivity index is 0.000000158. The number of aromatic nitrogens is 6. The molecule has 0 saturated carbocycles. The zero-order valence-corrected chi connectivity index (χ0v) is 37.0. The van der Waals surface area contributed by atoms with Gasteiger partial charge < -0.3 is 22.8 Å². The molecule has 0 aliphatic heterocycles. The first kappa shape index (κ1) is 43.8. The second-order valence-electron chi connectivity index (χ2n) is 11.6. The Morgan fingerprint density at radius 1 is 0.268 bits per heavy atom. The van der Waals surface area contributed by atoms with Crippen molar-refractivity contribution in [2.45, 2.75) is 14.9 Å². The van der Waals surface area contributed by atoms with Crippen molar-refractivity contribution >= 4 is 186 Å². The van der Waals surface area contributed by atoms with Gasteiger partial charge in [-0.1, -0.05) is 75.9 Å². The SMILES string of the molecule is C.C.Cn1c(=O)c2sc3c(=O)n(C)c(=S)c3sc2c1=O.Cn1c(=O)c2sc3c(=O)n(C)c(=S)c3sc2c1=S.Cn1c(=O)c2sc3c(=S)n(C)c(=O)c3sc2c1=S. The van der Waals surface area contributed by atoms with Gasteiger partial charge in [-0.05, 0) is 0 Å². The smallest absolute Gasteiger partial charge is 0.272 e. The van der Waals surface area contributed by atoms with E-state index >= 15 is 0 Å². The van der Waals surface area contributed by atoms with Crippen molar-refractivity contribution < 1.29 is 0 Å². The molecule has 0 fully saturated rings. The van der Waals surface area contributed by atoms with Crippen molar-refractivity contribution in [2.75, 3.05) is 0 Å². The lowest BCUT2D eigenvalue weighted by Gasteiger charge is -1.86. The molecule has 0 unspecified atom stereocenters. The van der Waals surface area contributed by atoms with Gasteiger partial charge in [0.25, 0.3) is 38.9 Å². The molecule has 0 saturated heterocycles. The molecule has 0 aliphatic rings. The van der Waals surface area contributed by atoms with Crippen LogP contribution in [0.5, 0.6) is 0 Å². The molecule has 0 spiro atoms. The van der Waals surface area contributed by atoms with Crippen LogP contribution < -0.4 is 38.9 Å². The van der Waals surface area contributed by atoms with E-state index in [0.29, 0.717) is 70.2 Å². The minimum atomic E-state index is -0.354. The molecular weight excluding hydrogens is 933 g/mol. The fourth-order valence-corrected chi connectivity index (χ4v) is 14.7. The highest BCUT2D eigenvalue weighted by atomic mass is 32.1. The zero-order chi connectivity index (χ0) is 39.6. The number of fused-ring (bicyclic) bond motifs is 6. The third kappa shape index (κ3) is 6.33. The molecule has 0 radical (unpaired) electrons. The van der Waals surface area contributed by atoms with E-state index in [0.717, 1.165) is 36.6 Å². The normalized spacial score (nSPS) is 11.2. The van der Waals surface area contributed by atoms with E-state index in [4.69, 9.17) is 61.1 Å². The van der Waals surface area contributed by atoms with E-state index in [1.165, 1.54) is 75.2 Å². The van der Waals surface area contributed by atoms with Gasteiger partial charge in [0.05, 0.1) is 23.5 Å². The van der Waals surface area contributed by atoms with Crippen molar-refractivity contribution in [1.82, 2.24) is 27.4 Å². The van der Waals surface area contributed by atoms with E-state index in [-0.39, 0.29) is 53.8 Å². The predicted molar refractivity (Wildman–Crippen MR) is 251 cm³/mol. The summed E-state index contributed by atoms with van der Waals surface area (Å²) in [5.74, 6) is 0. The van der Waals surface area contributed by atoms with Crippen LogP contribution >= 0.6 is 129 Å². The van der Waals surface area contributed by atoms with Gasteiger partial charge in [-0.25, -0.2) is 0 Å². The minimum absolute atomic E-state index is 0. The lowest BCUT2D eigenvalue weighted by atomic mass is 10.6. The first-order valence-corrected chi connectivity index (χ1v) is 21.7. The number of rotatable bonds is 0. The highest BCUT2D eigenvalue weighted by molar-refractivity contribution is 7.73. The van der Waals surface area contributed by atoms with Gasteiger partial charge in [-0.15, -0.1) is 68.0 Å². The Morgan fingerprint density at radius 3 is 0.589 bits per heavy atom. The van der Waals surface area contributed by atoms with Gasteiger partial charge in [0.1, 0.15) is 56.1 Å². The van der Waals surface area contributed by atoms with Crippen LogP contribution in [0.4, 0.5) is 0 Å². The molecule has 13 nitrogen and oxygen atoms in total. The van der Waals surface area contributed by atoms with Gasteiger partial charge in [-0.3, -0.25) is 38.1 Å². The quantitative estimate of drug-likeness (QED) is 0.142. The average Bonchev–Trinajstić information content (AvgIpc) is 3.83. The summed E-state index contributed by atoms with van der Waals surface area (Å²) in [7, 11) is 9.58. The molecular formula is C32H26N6O7S11. The first-order valence-electron chi connectivity index (χ1n) is 14.8. The fourth-order valence-electron chi connectivity index (χ4n) is 5.24. The van der Waals surface area contributed by atoms with E-state index in [9.17, 15) is 33.6 Å². The maximum atomic E-state index is 12.0. The second kappa shape index (κ2) is 15.5. The Bertz CT molecular complexity index is 2990. The van der Waals surface area contributed by atoms with E-state index < -0.39 is 0 Å². The average molecular weight is 959 g/mol. The lowest BCUT2D eigenvalue weighted by Crippen LogP contribution is -2.20. The molecule has 9 rings (SSSR count). The van der Waals surface area contributed by atoms with Crippen LogP contribution in [0.25, 0.3) is 56.4 Å². The predicted octanol–water partition coefficient (Wildman–Crippen LogP) is 7.13. The summed E-state index contributed by atoms with van der Waals surface area (Å²) in [5.41, 5.74) is -1.43. The van der Waals surface area contributed by atoms with E-state index in [1.54, 1.807) is 35.2 Å². The highest BCUT2D eigenvalue weighted by Gasteiger charge is 2.19. The lowest BCUT2D eigenvalue weighted by molar-refractivity contribution is 0.858. The third-order valence-corrected chi connectivity index (χ3v) is 19.3. The van der Waals surface area contributed by atoms with Crippen LogP contribution in [0, 0.1) is 23.2 Å². The zero-order valence-electron chi connectivity index (χ0n) is 28.0. The van der Waals surface area contributed by atoms with Crippen molar-refractivity contribution in [2.24, 2.45) is 42.3 Å². The standard InChI is InChI=1S/C10H6N2O3S3.2C10H6N2O2S4.2CH4/c1-11-7(13)3-4(8(11)14)18-6-5(17-3)9(15)12(2)10(6)16;1-11-7(13)3-5(9(11)15)18-4-6(17-3)10(16)12(2)8(4)14;1-11-7(13)3-5(9(11)15)18-6-4(17-3)8(14)12(2)10(6)16;;/h3*1-2H3;2*1H4. The van der Waals surface area contributed by atoms with Gasteiger partial charge in [-0.2, -0.15) is 0 Å². The molecule has 0 N–H and O–H groups in total. The fraction of sp³-hybridized carbons (Fsp3) is 0.250. The topological polar surface area (TPSA) is 149 Å². The molecule has 24 heteroatoms. The van der Waals surface area contributed by atoms with Crippen molar-refractivity contribution in [1.29, 1.82) is 0 Å². The number of hydrogen-bond donors (Lipinski definition) is 0. The molecule has 0 atom stereocenters. The Kier molecular flexibility index (Phi) is 12.1. The van der Waals surface area contributed by atoms with Crippen LogP contribution in [-0.4, -0.2) is 27.4 Å². The van der Waals surface area contributed by atoms with E-state index in [1.807, 2.05) is 0 Å². The summed E-state index contributed by atoms with van der Waals surface area (Å²) in [6.45, 7) is 0. The molecule has 9 aromatic rings. The van der Waals surface area contributed by atoms with Crippen LogP contribution in [-0.2, 0) is 42.3 Å². The Labute approximate surface area is 362 Å². The number of hydrogen-bond acceptors (Lipinski definition) is 18. The summed E-state index contributed by atoms with van der Waals surface area (Å²) < 4.78 is 17.4. The molecule has 56 heavy (non-hydrogen) atoms. The summed E-state index contributed by atoms with van der Waals surface area (Å²) >= 11 is 33.2. The maximum absolute atomic E-state index is 12.0. The summed E-state index contributed by atoms with van der Waals surface area (Å²) in [6, 6.07) is 0. The van der Waals surface area contributed by atoms with Crippen molar-refractivity contribution in [3.05, 3.63) is 95.7 Å². The Hall–Kier alpha value is -3.30. The van der Waals surface area contributed by atoms with Crippen LogP contribution in [0.1, 0.15) is 14.9 Å². The van der Waals surface area contributed by atoms with Gasteiger partial charge in [0, 0.05) is 42.3 Å². The largest absolute Gasteiger partial charge is 0.300 e. The van der Waals surface area contributed by atoms with E-state index in [2.05, 4.69) is 0 Å². The monoisotopic (exact) mass is 958 g/mol. The van der Waals surface area contributed by atoms with Crippen molar-refractivity contribution in [3.63, 3.8) is 0 Å². The van der Waals surface area contributed by atoms with Gasteiger partial charge in [0.2, 0.25) is 0 Å². The third-order valence-electron chi connectivity index (χ3n) is 8.45. The molecule has 0 aliphatic carbocycles. The summed E-state index contributed by atoms with van der Waals surface area (Å²) in [4.78, 5) is 83.5. The summed E-state index contributed by atoms with van der Waals surface area (Å²) in [5, 5.41) is 0. The number of nitrogens with zero attached hydrogens (tertiary/aromatic N) is 6. The minimum Gasteiger partial charge on any atom is -0.300 e. The van der Waals surface area contributed by atoms with Gasteiger partial charge >= 0.3 is 0 Å². The van der Waals surface area contributed by atoms with Gasteiger partial charge in [0.15, 0.2) is 0 Å². The molecule has 0 bridgehead atoms. The van der Waals surface area contributed by atoms with Crippen molar-refractivity contribution in [3.8, 4) is 0 Å². The molecule has 0 amide bonds. The molecule has 9 aromatic heterocycles. The molecule has 292 valence electrons. The highest BCUT2D eigenvalue weighted by Crippen LogP contribution is 2.33. The molecule has 9 heterocycles. The Morgan fingerprint density at radius 2 is 0.393 bits per heavy atom. The summed E-state index contributed by atoms with van der Waals surface area (Å²) in [6.07, 6.45) is 0. The van der Waals surface area contributed by atoms with Crippen LogP contribution in [0.15, 0.2) is 33.6 Å². The second-order valence-corrected chi connectivity index (χ2v) is 19.6.